The molecule has 7 heteroatoms. The number of amides is 1. The van der Waals surface area contributed by atoms with Gasteiger partial charge < -0.3 is 14.5 Å². The van der Waals surface area contributed by atoms with Gasteiger partial charge in [0.25, 0.3) is 5.89 Å². The average Bonchev–Trinajstić information content (AvgIpc) is 3.11. The highest BCUT2D eigenvalue weighted by atomic mass is 19.1. The van der Waals surface area contributed by atoms with E-state index in [1.54, 1.807) is 25.3 Å². The molecule has 1 N–H and O–H groups in total. The van der Waals surface area contributed by atoms with Crippen molar-refractivity contribution in [2.24, 2.45) is 0 Å². The Balaban J connectivity index is 1.60. The zero-order valence-corrected chi connectivity index (χ0v) is 13.5. The topological polar surface area (TPSA) is 77.3 Å². The van der Waals surface area contributed by atoms with Crippen molar-refractivity contribution in [1.29, 1.82) is 0 Å². The Morgan fingerprint density at radius 1 is 1.16 bits per heavy atom. The monoisotopic (exact) mass is 341 g/mol. The number of hydrogen-bond acceptors (Lipinski definition) is 5. The van der Waals surface area contributed by atoms with Crippen LogP contribution in [-0.2, 0) is 17.8 Å². The zero-order chi connectivity index (χ0) is 17.6. The van der Waals surface area contributed by atoms with Gasteiger partial charge in [-0.15, -0.1) is 10.2 Å². The first-order chi connectivity index (χ1) is 12.2. The number of aromatic nitrogens is 2. The molecule has 0 spiro atoms. The predicted molar refractivity (Wildman–Crippen MR) is 88.2 cm³/mol. The van der Waals surface area contributed by atoms with Gasteiger partial charge in [0.15, 0.2) is 0 Å². The molecule has 128 valence electrons. The van der Waals surface area contributed by atoms with Crippen LogP contribution in [0.4, 0.5) is 4.39 Å². The highest BCUT2D eigenvalue weighted by molar-refractivity contribution is 5.78. The Bertz CT molecular complexity index is 862. The molecule has 6 nitrogen and oxygen atoms in total. The molecular formula is C18H16FN3O3. The van der Waals surface area contributed by atoms with E-state index in [4.69, 9.17) is 9.15 Å². The maximum atomic E-state index is 12.9. The van der Waals surface area contributed by atoms with E-state index in [0.29, 0.717) is 17.2 Å². The number of ether oxygens (including phenoxy) is 1. The van der Waals surface area contributed by atoms with Crippen molar-refractivity contribution in [2.45, 2.75) is 13.0 Å². The molecule has 0 saturated carbocycles. The molecule has 0 saturated heterocycles. The normalized spacial score (nSPS) is 10.5. The predicted octanol–water partition coefficient (Wildman–Crippen LogP) is 2.74. The highest BCUT2D eigenvalue weighted by Gasteiger charge is 2.13. The minimum atomic E-state index is -0.334. The summed E-state index contributed by atoms with van der Waals surface area (Å²) in [5.74, 6) is 0.675. The summed E-state index contributed by atoms with van der Waals surface area (Å²) in [7, 11) is 1.56. The zero-order valence-electron chi connectivity index (χ0n) is 13.5. The second kappa shape index (κ2) is 7.57. The third-order valence-electron chi connectivity index (χ3n) is 3.52. The van der Waals surface area contributed by atoms with E-state index in [-0.39, 0.29) is 30.6 Å². The molecule has 0 radical (unpaired) electrons. The second-order valence-electron chi connectivity index (χ2n) is 5.28. The van der Waals surface area contributed by atoms with Gasteiger partial charge in [-0.3, -0.25) is 4.79 Å². The minimum absolute atomic E-state index is 0.113. The van der Waals surface area contributed by atoms with E-state index in [0.717, 1.165) is 5.56 Å². The van der Waals surface area contributed by atoms with Crippen LogP contribution < -0.4 is 10.1 Å². The summed E-state index contributed by atoms with van der Waals surface area (Å²) in [6.45, 7) is 0.113. The van der Waals surface area contributed by atoms with E-state index in [9.17, 15) is 9.18 Å². The Hall–Kier alpha value is -3.22. The van der Waals surface area contributed by atoms with Gasteiger partial charge in [-0.1, -0.05) is 24.3 Å². The van der Waals surface area contributed by atoms with Crippen LogP contribution in [-0.4, -0.2) is 23.2 Å². The molecule has 3 aromatic rings. The lowest BCUT2D eigenvalue weighted by molar-refractivity contribution is -0.120. The number of para-hydroxylation sites is 1. The number of methoxy groups -OCH3 is 1. The number of nitrogens with one attached hydrogen (secondary N) is 1. The SMILES string of the molecule is COc1ccccc1-c1nnc(CNC(=O)Cc2ccc(F)cc2)o1. The number of hydrogen-bond donors (Lipinski definition) is 1. The van der Waals surface area contributed by atoms with Crippen molar-refractivity contribution in [3.8, 4) is 17.2 Å². The van der Waals surface area contributed by atoms with E-state index < -0.39 is 0 Å². The molecule has 0 fully saturated rings. The molecule has 0 atom stereocenters. The van der Waals surface area contributed by atoms with Crippen LogP contribution in [0.2, 0.25) is 0 Å². The molecule has 0 bridgehead atoms. The molecular weight excluding hydrogens is 325 g/mol. The molecule has 1 heterocycles. The van der Waals surface area contributed by atoms with Crippen molar-refractivity contribution in [3.05, 3.63) is 65.8 Å². The van der Waals surface area contributed by atoms with E-state index in [1.807, 2.05) is 18.2 Å². The van der Waals surface area contributed by atoms with Gasteiger partial charge in [0.2, 0.25) is 11.8 Å². The smallest absolute Gasteiger partial charge is 0.251 e. The summed E-state index contributed by atoms with van der Waals surface area (Å²) >= 11 is 0. The first-order valence-corrected chi connectivity index (χ1v) is 7.62. The van der Waals surface area contributed by atoms with Gasteiger partial charge in [0.05, 0.1) is 25.6 Å². The van der Waals surface area contributed by atoms with Crippen molar-refractivity contribution in [1.82, 2.24) is 15.5 Å². The molecule has 2 aromatic carbocycles. The van der Waals surface area contributed by atoms with Crippen molar-refractivity contribution in [2.75, 3.05) is 7.11 Å². The molecule has 25 heavy (non-hydrogen) atoms. The average molecular weight is 341 g/mol. The fourth-order valence-electron chi connectivity index (χ4n) is 2.28. The number of benzene rings is 2. The number of carbonyl (C=O) groups excluding carboxylic acids is 1. The van der Waals surface area contributed by atoms with Gasteiger partial charge >= 0.3 is 0 Å². The molecule has 0 unspecified atom stereocenters. The van der Waals surface area contributed by atoms with Gasteiger partial charge in [0, 0.05) is 0 Å². The third-order valence-corrected chi connectivity index (χ3v) is 3.52. The maximum absolute atomic E-state index is 12.9. The molecule has 1 aromatic heterocycles. The van der Waals surface area contributed by atoms with Gasteiger partial charge in [-0.05, 0) is 29.8 Å². The Kier molecular flexibility index (Phi) is 5.03. The highest BCUT2D eigenvalue weighted by Crippen LogP contribution is 2.28. The van der Waals surface area contributed by atoms with Crippen LogP contribution in [0.5, 0.6) is 5.75 Å². The molecule has 3 rings (SSSR count). The number of nitrogens with zero attached hydrogens (tertiary/aromatic N) is 2. The number of rotatable bonds is 6. The Morgan fingerprint density at radius 3 is 2.68 bits per heavy atom. The largest absolute Gasteiger partial charge is 0.496 e. The van der Waals surface area contributed by atoms with Gasteiger partial charge in [-0.2, -0.15) is 0 Å². The lowest BCUT2D eigenvalue weighted by atomic mass is 10.1. The standard InChI is InChI=1S/C18H16FN3O3/c1-24-15-5-3-2-4-14(15)18-22-21-17(25-18)11-20-16(23)10-12-6-8-13(19)9-7-12/h2-9H,10-11H2,1H3,(H,20,23). The number of halogens is 1. The first-order valence-electron chi connectivity index (χ1n) is 7.62. The van der Waals surface area contributed by atoms with Gasteiger partial charge in [-0.25, -0.2) is 4.39 Å². The summed E-state index contributed by atoms with van der Waals surface area (Å²) in [5.41, 5.74) is 1.40. The van der Waals surface area contributed by atoms with Crippen LogP contribution in [0.1, 0.15) is 11.5 Å². The molecule has 0 aliphatic carbocycles. The van der Waals surface area contributed by atoms with Crippen LogP contribution in [0, 0.1) is 5.82 Å². The number of carbonyl (C=O) groups is 1. The Labute approximate surface area is 143 Å². The van der Waals surface area contributed by atoms with E-state index >= 15 is 0 Å². The lowest BCUT2D eigenvalue weighted by Gasteiger charge is -2.04. The van der Waals surface area contributed by atoms with Crippen LogP contribution in [0.15, 0.2) is 52.9 Å². The summed E-state index contributed by atoms with van der Waals surface area (Å²) in [5, 5.41) is 10.6. The summed E-state index contributed by atoms with van der Waals surface area (Å²) in [6, 6.07) is 13.1. The first kappa shape index (κ1) is 16.6. The summed E-state index contributed by atoms with van der Waals surface area (Å²) in [6.07, 6.45) is 0.147. The van der Waals surface area contributed by atoms with Crippen molar-refractivity contribution >= 4 is 5.91 Å². The fourth-order valence-corrected chi connectivity index (χ4v) is 2.28. The molecule has 1 amide bonds. The second-order valence-corrected chi connectivity index (χ2v) is 5.28. The van der Waals surface area contributed by atoms with Gasteiger partial charge in [0.1, 0.15) is 11.6 Å². The van der Waals surface area contributed by atoms with Crippen LogP contribution >= 0.6 is 0 Å². The van der Waals surface area contributed by atoms with E-state index in [1.165, 1.54) is 12.1 Å². The third kappa shape index (κ3) is 4.20. The van der Waals surface area contributed by atoms with Crippen LogP contribution in [0.25, 0.3) is 11.5 Å². The lowest BCUT2D eigenvalue weighted by Crippen LogP contribution is -2.24. The summed E-state index contributed by atoms with van der Waals surface area (Å²) < 4.78 is 23.7. The van der Waals surface area contributed by atoms with Crippen LogP contribution in [0.3, 0.4) is 0 Å². The maximum Gasteiger partial charge on any atom is 0.251 e. The molecule has 0 aliphatic rings. The minimum Gasteiger partial charge on any atom is -0.496 e. The molecule has 0 aliphatic heterocycles. The van der Waals surface area contributed by atoms with E-state index in [2.05, 4.69) is 15.5 Å². The quantitative estimate of drug-likeness (QED) is 0.746. The Morgan fingerprint density at radius 2 is 1.92 bits per heavy atom. The van der Waals surface area contributed by atoms with Crippen molar-refractivity contribution < 1.29 is 18.3 Å². The summed E-state index contributed by atoms with van der Waals surface area (Å²) in [4.78, 5) is 11.9. The van der Waals surface area contributed by atoms with Crippen molar-refractivity contribution in [3.63, 3.8) is 0 Å². The fraction of sp³-hybridized carbons (Fsp3) is 0.167.